The van der Waals surface area contributed by atoms with E-state index in [2.05, 4.69) is 0 Å². The van der Waals surface area contributed by atoms with E-state index in [9.17, 15) is 33.6 Å². The Morgan fingerprint density at radius 1 is 0.417 bits per heavy atom. The van der Waals surface area contributed by atoms with Crippen molar-refractivity contribution in [3.8, 4) is 0 Å². The van der Waals surface area contributed by atoms with Crippen molar-refractivity contribution in [2.75, 3.05) is 0 Å². The smallest absolute Gasteiger partial charge is 0.193 e. The number of ketones is 7. The molecule has 6 heterocycles. The lowest BCUT2D eigenvalue weighted by molar-refractivity contribution is -0.231. The zero-order chi connectivity index (χ0) is 42.7. The molecule has 2 aromatic rings. The predicted octanol–water partition coefficient (Wildman–Crippen LogP) is 2.84. The van der Waals surface area contributed by atoms with Crippen molar-refractivity contribution in [3.05, 3.63) is 69.8 Å². The Labute approximate surface area is 342 Å². The minimum absolute atomic E-state index is 0.0314. The number of ether oxygens (including phenoxy) is 10. The Bertz CT molecular complexity index is 2180. The van der Waals surface area contributed by atoms with Gasteiger partial charge >= 0.3 is 0 Å². The summed E-state index contributed by atoms with van der Waals surface area (Å²) in [5, 5.41) is 0. The Morgan fingerprint density at radius 3 is 1.12 bits per heavy atom. The summed E-state index contributed by atoms with van der Waals surface area (Å²) in [6.07, 6.45) is -10.0. The van der Waals surface area contributed by atoms with Crippen molar-refractivity contribution in [1.29, 1.82) is 0 Å². The van der Waals surface area contributed by atoms with E-state index in [1.165, 1.54) is 36.4 Å². The van der Waals surface area contributed by atoms with Crippen LogP contribution in [-0.4, -0.2) is 125 Å². The molecular weight excluding hydrogens is 788 g/mol. The summed E-state index contributed by atoms with van der Waals surface area (Å²) in [6.45, 7) is 13.4. The SMILES string of the molecule is CC1(C)O[C@H]2O[C@@H](C(=O)C3C(=O)c4ccc(C(=O)c5ccc6c(c5)C(=O)C(C(=O)[C@@H]5O[C@@H]7OC(C)(C)O[C@@H]7[C@H]7OC(C)(C)O[C@@H]75)C6=O)cc4C3=O)[C@H]3OC(C)(C)O[C@@H]3[C@H]2O1. The Balaban J connectivity index is 0.880. The molecule has 0 saturated carbocycles. The molecule has 17 nitrogen and oxygen atoms in total. The van der Waals surface area contributed by atoms with E-state index in [-0.39, 0.29) is 33.4 Å². The second-order valence-corrected chi connectivity index (χ2v) is 18.2. The highest BCUT2D eigenvalue weighted by molar-refractivity contribution is 6.37. The van der Waals surface area contributed by atoms with Crippen LogP contribution in [0.3, 0.4) is 0 Å². The molecule has 0 amide bonds. The molecular formula is C43H42O17. The lowest BCUT2D eigenvalue weighted by Crippen LogP contribution is -2.59. The zero-order valence-corrected chi connectivity index (χ0v) is 33.8. The molecule has 10 rings (SSSR count). The maximum absolute atomic E-state index is 14.1. The minimum atomic E-state index is -1.78. The van der Waals surface area contributed by atoms with E-state index < -0.39 is 137 Å². The quantitative estimate of drug-likeness (QED) is 0.303. The van der Waals surface area contributed by atoms with E-state index in [0.29, 0.717) is 0 Å². The summed E-state index contributed by atoms with van der Waals surface area (Å²) < 4.78 is 60.1. The van der Waals surface area contributed by atoms with E-state index in [4.69, 9.17) is 47.4 Å². The van der Waals surface area contributed by atoms with Crippen LogP contribution in [0, 0.1) is 11.8 Å². The molecule has 316 valence electrons. The molecule has 0 radical (unpaired) electrons. The molecule has 12 atom stereocenters. The van der Waals surface area contributed by atoms with Crippen LogP contribution in [-0.2, 0) is 57.0 Å². The maximum atomic E-state index is 14.1. The van der Waals surface area contributed by atoms with Gasteiger partial charge in [0.15, 0.2) is 76.2 Å². The first kappa shape index (κ1) is 39.8. The van der Waals surface area contributed by atoms with Gasteiger partial charge in [0.25, 0.3) is 0 Å². The number of benzene rings is 2. The van der Waals surface area contributed by atoms with E-state index in [1.54, 1.807) is 55.4 Å². The van der Waals surface area contributed by atoms with Gasteiger partial charge in [-0.25, -0.2) is 0 Å². The molecule has 0 aromatic heterocycles. The van der Waals surface area contributed by atoms with Crippen LogP contribution in [0.1, 0.15) is 113 Å². The van der Waals surface area contributed by atoms with Crippen LogP contribution in [0.5, 0.6) is 0 Å². The van der Waals surface area contributed by atoms with Gasteiger partial charge in [0.2, 0.25) is 0 Å². The third-order valence-electron chi connectivity index (χ3n) is 12.1. The van der Waals surface area contributed by atoms with Gasteiger partial charge in [0.1, 0.15) is 60.7 Å². The number of hydrogen-bond donors (Lipinski definition) is 0. The molecule has 2 aliphatic carbocycles. The number of fused-ring (bicyclic) bond motifs is 8. The number of carbonyl (C=O) groups excluding carboxylic acids is 7. The zero-order valence-electron chi connectivity index (χ0n) is 33.8. The maximum Gasteiger partial charge on any atom is 0.193 e. The molecule has 2 aromatic carbocycles. The van der Waals surface area contributed by atoms with Crippen molar-refractivity contribution < 1.29 is 80.9 Å². The third kappa shape index (κ3) is 6.00. The average molecular weight is 831 g/mol. The first-order chi connectivity index (χ1) is 28.0. The molecule has 0 spiro atoms. The van der Waals surface area contributed by atoms with Crippen molar-refractivity contribution in [3.63, 3.8) is 0 Å². The van der Waals surface area contributed by atoms with Gasteiger partial charge in [-0.05, 0) is 79.7 Å². The van der Waals surface area contributed by atoms with E-state index in [0.717, 1.165) is 0 Å². The van der Waals surface area contributed by atoms with Gasteiger partial charge in [-0.3, -0.25) is 33.6 Å². The van der Waals surface area contributed by atoms with Crippen molar-refractivity contribution in [1.82, 2.24) is 0 Å². The van der Waals surface area contributed by atoms with Crippen LogP contribution in [0.2, 0.25) is 0 Å². The first-order valence-electron chi connectivity index (χ1n) is 19.8. The normalized spacial score (nSPS) is 38.5. The highest BCUT2D eigenvalue weighted by Gasteiger charge is 2.65. The molecule has 8 aliphatic rings. The highest BCUT2D eigenvalue weighted by Crippen LogP contribution is 2.47. The largest absolute Gasteiger partial charge is 0.342 e. The molecule has 6 aliphatic heterocycles. The molecule has 6 saturated heterocycles. The van der Waals surface area contributed by atoms with Crippen LogP contribution >= 0.6 is 0 Å². The summed E-state index contributed by atoms with van der Waals surface area (Å²) >= 11 is 0. The van der Waals surface area contributed by atoms with Crippen LogP contribution in [0.25, 0.3) is 0 Å². The second-order valence-electron chi connectivity index (χ2n) is 18.2. The second kappa shape index (κ2) is 12.9. The van der Waals surface area contributed by atoms with Crippen LogP contribution < -0.4 is 0 Å². The lowest BCUT2D eigenvalue weighted by atomic mass is 9.88. The summed E-state index contributed by atoms with van der Waals surface area (Å²) in [6, 6.07) is 7.69. The summed E-state index contributed by atoms with van der Waals surface area (Å²) in [5.41, 5.74) is -0.469. The minimum Gasteiger partial charge on any atom is -0.342 e. The van der Waals surface area contributed by atoms with Gasteiger partial charge in [-0.2, -0.15) is 0 Å². The number of rotatable bonds is 6. The monoisotopic (exact) mass is 830 g/mol. The number of hydrogen-bond acceptors (Lipinski definition) is 17. The van der Waals surface area contributed by atoms with E-state index >= 15 is 0 Å². The fourth-order valence-electron chi connectivity index (χ4n) is 9.76. The van der Waals surface area contributed by atoms with Gasteiger partial charge in [0, 0.05) is 33.4 Å². The summed E-state index contributed by atoms with van der Waals surface area (Å²) in [7, 11) is 0. The van der Waals surface area contributed by atoms with Gasteiger partial charge in [0.05, 0.1) is 0 Å². The Kier molecular flexibility index (Phi) is 8.56. The fraction of sp³-hybridized carbons (Fsp3) is 0.558. The first-order valence-corrected chi connectivity index (χ1v) is 19.8. The van der Waals surface area contributed by atoms with Crippen molar-refractivity contribution in [2.45, 2.75) is 140 Å². The van der Waals surface area contributed by atoms with Gasteiger partial charge in [-0.1, -0.05) is 12.1 Å². The Hall–Kier alpha value is -4.27. The molecule has 0 bridgehead atoms. The predicted molar refractivity (Wildman–Crippen MR) is 196 cm³/mol. The van der Waals surface area contributed by atoms with E-state index in [1.807, 2.05) is 0 Å². The molecule has 0 N–H and O–H groups in total. The standard InChI is InChI=1S/C43H42O17/c1-40(2)53-32-30(51-38-36(34(32)55-40)57-42(5,6)59-38)28(49)21-24(45)17-11-9-15(13-19(17)26(21)47)23(44)16-10-12-18-20(14-16)27(48)22(25(18)46)29(50)31-33-35(56-41(3,4)54-33)37-39(52-31)60-43(7,8)58-37/h9-14,21-22,30-39H,1-8H3/t21?,22?,30-,31-,32+,33+,34-,35-,36+,37+,38+,39+/m0/s1. The van der Waals surface area contributed by atoms with Gasteiger partial charge in [-0.15, -0.1) is 0 Å². The van der Waals surface area contributed by atoms with Gasteiger partial charge < -0.3 is 47.4 Å². The van der Waals surface area contributed by atoms with Crippen molar-refractivity contribution >= 4 is 40.5 Å². The highest BCUT2D eigenvalue weighted by atomic mass is 16.9. The average Bonchev–Trinajstić information content (AvgIpc) is 3.97. The lowest BCUT2D eigenvalue weighted by Gasteiger charge is -2.37. The third-order valence-corrected chi connectivity index (χ3v) is 12.1. The number of carbonyl (C=O) groups is 7. The molecule has 17 heteroatoms. The molecule has 60 heavy (non-hydrogen) atoms. The molecule has 6 fully saturated rings. The van der Waals surface area contributed by atoms with Crippen molar-refractivity contribution in [2.24, 2.45) is 11.8 Å². The Morgan fingerprint density at radius 2 is 0.733 bits per heavy atom. The molecule has 2 unspecified atom stereocenters. The topological polar surface area (TPSA) is 212 Å². The van der Waals surface area contributed by atoms with Crippen LogP contribution in [0.15, 0.2) is 36.4 Å². The summed E-state index contributed by atoms with van der Waals surface area (Å²) in [4.78, 5) is 97.5. The fourth-order valence-corrected chi connectivity index (χ4v) is 9.76. The number of Topliss-reactive ketones (excluding diaryl/α,β-unsaturated/α-hetero) is 6. The van der Waals surface area contributed by atoms with Crippen LogP contribution in [0.4, 0.5) is 0 Å². The summed E-state index contributed by atoms with van der Waals surface area (Å²) in [5.74, 6) is -13.5.